The van der Waals surface area contributed by atoms with Crippen LogP contribution in [0, 0.1) is 0 Å². The fraction of sp³-hybridized carbons (Fsp3) is 0.500. The molecule has 1 aliphatic heterocycles. The van der Waals surface area contributed by atoms with Gasteiger partial charge >= 0.3 is 0 Å². The number of hydrogen-bond acceptors (Lipinski definition) is 6. The lowest BCUT2D eigenvalue weighted by Gasteiger charge is -2.35. The Hall–Kier alpha value is -2.20. The molecule has 130 valence electrons. The standard InChI is InChI=1S/C14H19N5O4S/c1-3-18-8-10(6-16-18)14(20)19-4-5-23-9-11(19)13-12(7-15-17-13)24(2,21)22/h6-8,11H,3-5,9H2,1-2H3,(H,15,17)/t11-/m1/s1. The Kier molecular flexibility index (Phi) is 4.41. The number of hydrogen-bond donors (Lipinski definition) is 1. The van der Waals surface area contributed by atoms with E-state index >= 15 is 0 Å². The van der Waals surface area contributed by atoms with Crippen molar-refractivity contribution in [1.29, 1.82) is 0 Å². The van der Waals surface area contributed by atoms with E-state index in [0.29, 0.717) is 31.0 Å². The second-order valence-electron chi connectivity index (χ2n) is 5.59. The monoisotopic (exact) mass is 353 g/mol. The third kappa shape index (κ3) is 3.06. The molecule has 0 aromatic carbocycles. The van der Waals surface area contributed by atoms with Gasteiger partial charge in [0.05, 0.1) is 42.9 Å². The molecule has 1 saturated heterocycles. The van der Waals surface area contributed by atoms with Crippen LogP contribution in [0.3, 0.4) is 0 Å². The number of ether oxygens (including phenoxy) is 1. The van der Waals surface area contributed by atoms with Gasteiger partial charge in [0.2, 0.25) is 0 Å². The normalized spacial score (nSPS) is 18.8. The molecule has 9 nitrogen and oxygen atoms in total. The fourth-order valence-electron chi connectivity index (χ4n) is 2.72. The molecule has 1 amide bonds. The van der Waals surface area contributed by atoms with Crippen molar-refractivity contribution < 1.29 is 17.9 Å². The summed E-state index contributed by atoms with van der Waals surface area (Å²) in [6.07, 6.45) is 5.57. The predicted molar refractivity (Wildman–Crippen MR) is 84.2 cm³/mol. The summed E-state index contributed by atoms with van der Waals surface area (Å²) in [5.74, 6) is -0.211. The molecule has 0 spiro atoms. The molecule has 2 aromatic rings. The number of rotatable bonds is 4. The number of carbonyl (C=O) groups is 1. The van der Waals surface area contributed by atoms with Crippen LogP contribution in [0.25, 0.3) is 0 Å². The van der Waals surface area contributed by atoms with E-state index in [1.807, 2.05) is 6.92 Å². The van der Waals surface area contributed by atoms with Crippen LogP contribution < -0.4 is 0 Å². The maximum Gasteiger partial charge on any atom is 0.257 e. The van der Waals surface area contributed by atoms with E-state index in [9.17, 15) is 13.2 Å². The lowest BCUT2D eigenvalue weighted by atomic mass is 10.1. The topological polar surface area (TPSA) is 110 Å². The van der Waals surface area contributed by atoms with Crippen LogP contribution in [0.4, 0.5) is 0 Å². The van der Waals surface area contributed by atoms with Gasteiger partial charge < -0.3 is 9.64 Å². The summed E-state index contributed by atoms with van der Waals surface area (Å²) in [5, 5.41) is 10.7. The lowest BCUT2D eigenvalue weighted by Crippen LogP contribution is -2.43. The minimum absolute atomic E-state index is 0.0834. The number of sulfone groups is 1. The van der Waals surface area contributed by atoms with E-state index in [1.165, 1.54) is 12.4 Å². The fourth-order valence-corrected chi connectivity index (χ4v) is 3.54. The van der Waals surface area contributed by atoms with Crippen molar-refractivity contribution in [1.82, 2.24) is 24.9 Å². The van der Waals surface area contributed by atoms with Gasteiger partial charge in [-0.3, -0.25) is 14.6 Å². The van der Waals surface area contributed by atoms with Crippen LogP contribution in [-0.4, -0.2) is 65.2 Å². The number of H-pyrrole nitrogens is 1. The number of aromatic amines is 1. The lowest BCUT2D eigenvalue weighted by molar-refractivity contribution is -0.00468. The zero-order chi connectivity index (χ0) is 17.3. The molecule has 0 saturated carbocycles. The van der Waals surface area contributed by atoms with Gasteiger partial charge in [0.15, 0.2) is 9.84 Å². The molecular formula is C14H19N5O4S. The van der Waals surface area contributed by atoms with E-state index < -0.39 is 15.9 Å². The van der Waals surface area contributed by atoms with Crippen LogP contribution in [0.1, 0.15) is 29.0 Å². The second-order valence-corrected chi connectivity index (χ2v) is 7.58. The summed E-state index contributed by atoms with van der Waals surface area (Å²) in [6, 6.07) is -0.538. The van der Waals surface area contributed by atoms with Crippen molar-refractivity contribution >= 4 is 15.7 Å². The Bertz CT molecular complexity index is 841. The highest BCUT2D eigenvalue weighted by molar-refractivity contribution is 7.90. The molecule has 2 aromatic heterocycles. The highest BCUT2D eigenvalue weighted by atomic mass is 32.2. The molecule has 1 fully saturated rings. The quantitative estimate of drug-likeness (QED) is 0.843. The zero-order valence-electron chi connectivity index (χ0n) is 13.5. The predicted octanol–water partition coefficient (Wildman–Crippen LogP) is 0.243. The summed E-state index contributed by atoms with van der Waals surface area (Å²) in [6.45, 7) is 3.56. The van der Waals surface area contributed by atoms with Crippen LogP contribution in [0.2, 0.25) is 0 Å². The van der Waals surface area contributed by atoms with Gasteiger partial charge in [-0.1, -0.05) is 0 Å². The minimum atomic E-state index is -3.46. The Balaban J connectivity index is 1.94. The van der Waals surface area contributed by atoms with Gasteiger partial charge in [-0.05, 0) is 6.92 Å². The summed E-state index contributed by atoms with van der Waals surface area (Å²) in [5.41, 5.74) is 0.831. The molecule has 1 N–H and O–H groups in total. The van der Waals surface area contributed by atoms with Crippen molar-refractivity contribution in [3.05, 3.63) is 29.8 Å². The van der Waals surface area contributed by atoms with Crippen molar-refractivity contribution in [2.75, 3.05) is 26.0 Å². The summed E-state index contributed by atoms with van der Waals surface area (Å²) < 4.78 is 31.0. The average Bonchev–Trinajstić information content (AvgIpc) is 3.22. The van der Waals surface area contributed by atoms with E-state index in [4.69, 9.17) is 4.74 Å². The van der Waals surface area contributed by atoms with Gasteiger partial charge in [0.1, 0.15) is 4.90 Å². The van der Waals surface area contributed by atoms with Gasteiger partial charge in [0, 0.05) is 25.5 Å². The van der Waals surface area contributed by atoms with E-state index in [2.05, 4.69) is 15.3 Å². The van der Waals surface area contributed by atoms with Crippen molar-refractivity contribution in [2.24, 2.45) is 0 Å². The largest absolute Gasteiger partial charge is 0.377 e. The maximum absolute atomic E-state index is 12.8. The van der Waals surface area contributed by atoms with Crippen molar-refractivity contribution in [2.45, 2.75) is 24.4 Å². The third-order valence-electron chi connectivity index (χ3n) is 3.96. The second kappa shape index (κ2) is 6.36. The number of morpholine rings is 1. The Labute approximate surface area is 139 Å². The van der Waals surface area contributed by atoms with Crippen LogP contribution in [-0.2, 0) is 21.1 Å². The number of aromatic nitrogens is 4. The first-order valence-corrected chi connectivity index (χ1v) is 9.45. The van der Waals surface area contributed by atoms with Gasteiger partial charge in [-0.15, -0.1) is 0 Å². The molecule has 1 atom stereocenters. The van der Waals surface area contributed by atoms with Gasteiger partial charge in [0.25, 0.3) is 5.91 Å². The molecule has 10 heteroatoms. The molecule has 3 heterocycles. The SMILES string of the molecule is CCn1cc(C(=O)N2CCOC[C@@H]2c2[nH]ncc2S(C)(=O)=O)cn1. The van der Waals surface area contributed by atoms with Gasteiger partial charge in [-0.25, -0.2) is 8.42 Å². The average molecular weight is 353 g/mol. The first kappa shape index (κ1) is 16.7. The first-order valence-electron chi connectivity index (χ1n) is 7.56. The number of carbonyl (C=O) groups excluding carboxylic acids is 1. The summed E-state index contributed by atoms with van der Waals surface area (Å²) in [4.78, 5) is 14.5. The highest BCUT2D eigenvalue weighted by Gasteiger charge is 2.34. The number of aryl methyl sites for hydroxylation is 1. The van der Waals surface area contributed by atoms with Crippen LogP contribution in [0.15, 0.2) is 23.5 Å². The smallest absolute Gasteiger partial charge is 0.257 e. The molecule has 24 heavy (non-hydrogen) atoms. The zero-order valence-corrected chi connectivity index (χ0v) is 14.3. The number of nitrogens with zero attached hydrogens (tertiary/aromatic N) is 4. The maximum atomic E-state index is 12.8. The summed E-state index contributed by atoms with van der Waals surface area (Å²) in [7, 11) is -3.46. The van der Waals surface area contributed by atoms with E-state index in [0.717, 1.165) is 6.26 Å². The number of amides is 1. The Morgan fingerprint density at radius 2 is 2.25 bits per heavy atom. The minimum Gasteiger partial charge on any atom is -0.377 e. The van der Waals surface area contributed by atoms with E-state index in [-0.39, 0.29) is 17.4 Å². The molecule has 0 unspecified atom stereocenters. The first-order chi connectivity index (χ1) is 11.4. The van der Waals surface area contributed by atoms with Crippen LogP contribution in [0.5, 0.6) is 0 Å². The van der Waals surface area contributed by atoms with Crippen molar-refractivity contribution in [3.63, 3.8) is 0 Å². The number of nitrogens with one attached hydrogen (secondary N) is 1. The van der Waals surface area contributed by atoms with Crippen molar-refractivity contribution in [3.8, 4) is 0 Å². The molecule has 1 aliphatic rings. The Morgan fingerprint density at radius 3 is 2.92 bits per heavy atom. The molecule has 3 rings (SSSR count). The molecule has 0 aliphatic carbocycles. The van der Waals surface area contributed by atoms with Gasteiger partial charge in [-0.2, -0.15) is 10.2 Å². The third-order valence-corrected chi connectivity index (χ3v) is 5.08. The summed E-state index contributed by atoms with van der Waals surface area (Å²) >= 11 is 0. The van der Waals surface area contributed by atoms with Crippen LogP contribution >= 0.6 is 0 Å². The Morgan fingerprint density at radius 1 is 1.46 bits per heavy atom. The molecule has 0 radical (unpaired) electrons. The highest BCUT2D eigenvalue weighted by Crippen LogP contribution is 2.29. The molecule has 0 bridgehead atoms. The molecular weight excluding hydrogens is 334 g/mol. The van der Waals surface area contributed by atoms with E-state index in [1.54, 1.807) is 15.8 Å².